The lowest BCUT2D eigenvalue weighted by Crippen LogP contribution is -2.17. The molecule has 0 amide bonds. The number of aromatic nitrogens is 2. The first-order valence-electron chi connectivity index (χ1n) is 5.38. The van der Waals surface area contributed by atoms with Crippen LogP contribution in [0.3, 0.4) is 0 Å². The molecule has 1 aromatic rings. The van der Waals surface area contributed by atoms with Gasteiger partial charge in [-0.3, -0.25) is 0 Å². The molecule has 3 nitrogen and oxygen atoms in total. The van der Waals surface area contributed by atoms with E-state index in [1.165, 1.54) is 6.33 Å². The summed E-state index contributed by atoms with van der Waals surface area (Å²) in [7, 11) is 0. The van der Waals surface area contributed by atoms with E-state index < -0.39 is 0 Å². The number of anilines is 1. The van der Waals surface area contributed by atoms with Gasteiger partial charge in [-0.25, -0.2) is 9.97 Å². The summed E-state index contributed by atoms with van der Waals surface area (Å²) in [5, 5.41) is 3.78. The summed E-state index contributed by atoms with van der Waals surface area (Å²) in [6.07, 6.45) is 9.26. The third-order valence-corrected chi connectivity index (χ3v) is 2.53. The molecule has 0 fully saturated rings. The molecule has 1 aromatic heterocycles. The van der Waals surface area contributed by atoms with Gasteiger partial charge in [0.1, 0.15) is 17.3 Å². The molecule has 0 aromatic carbocycles. The lowest BCUT2D eigenvalue weighted by Gasteiger charge is -2.15. The number of terminal acetylenes is 1. The van der Waals surface area contributed by atoms with E-state index in [0.29, 0.717) is 11.6 Å². The first-order valence-corrected chi connectivity index (χ1v) is 5.76. The maximum atomic E-state index is 6.04. The van der Waals surface area contributed by atoms with Gasteiger partial charge in [0.25, 0.3) is 0 Å². The SMILES string of the molecule is C#CCC(C)Nc1ncnc(Cl)c1CCC. The Labute approximate surface area is 102 Å². The average molecular weight is 238 g/mol. The highest BCUT2D eigenvalue weighted by molar-refractivity contribution is 6.30. The van der Waals surface area contributed by atoms with Crippen molar-refractivity contribution in [2.24, 2.45) is 0 Å². The van der Waals surface area contributed by atoms with E-state index in [9.17, 15) is 0 Å². The summed E-state index contributed by atoms with van der Waals surface area (Å²) in [5.74, 6) is 3.41. The van der Waals surface area contributed by atoms with Gasteiger partial charge >= 0.3 is 0 Å². The summed E-state index contributed by atoms with van der Waals surface area (Å²) < 4.78 is 0. The van der Waals surface area contributed by atoms with Crippen LogP contribution < -0.4 is 5.32 Å². The van der Waals surface area contributed by atoms with Crippen LogP contribution in [-0.4, -0.2) is 16.0 Å². The monoisotopic (exact) mass is 237 g/mol. The van der Waals surface area contributed by atoms with Crippen molar-refractivity contribution in [3.63, 3.8) is 0 Å². The first kappa shape index (κ1) is 12.8. The van der Waals surface area contributed by atoms with Crippen molar-refractivity contribution in [1.82, 2.24) is 9.97 Å². The fourth-order valence-corrected chi connectivity index (χ4v) is 1.68. The lowest BCUT2D eigenvalue weighted by molar-refractivity contribution is 0.808. The quantitative estimate of drug-likeness (QED) is 0.632. The minimum Gasteiger partial charge on any atom is -0.366 e. The highest BCUT2D eigenvalue weighted by Gasteiger charge is 2.10. The number of hydrogen-bond acceptors (Lipinski definition) is 3. The first-order chi connectivity index (χ1) is 7.69. The maximum Gasteiger partial charge on any atom is 0.137 e. The van der Waals surface area contributed by atoms with Gasteiger partial charge in [-0.2, -0.15) is 0 Å². The molecule has 86 valence electrons. The Morgan fingerprint density at radius 2 is 2.31 bits per heavy atom. The molecule has 16 heavy (non-hydrogen) atoms. The molecule has 1 N–H and O–H groups in total. The van der Waals surface area contributed by atoms with Gasteiger partial charge < -0.3 is 5.32 Å². The van der Waals surface area contributed by atoms with Crippen molar-refractivity contribution in [3.8, 4) is 12.3 Å². The molecule has 1 atom stereocenters. The molecule has 0 saturated carbocycles. The largest absolute Gasteiger partial charge is 0.366 e. The summed E-state index contributed by atoms with van der Waals surface area (Å²) in [4.78, 5) is 8.19. The van der Waals surface area contributed by atoms with E-state index in [2.05, 4.69) is 28.1 Å². The number of halogens is 1. The zero-order valence-electron chi connectivity index (χ0n) is 9.63. The molecule has 1 rings (SSSR count). The lowest BCUT2D eigenvalue weighted by atomic mass is 10.1. The Kier molecular flexibility index (Phi) is 5.07. The van der Waals surface area contributed by atoms with Gasteiger partial charge in [0.05, 0.1) is 0 Å². The average Bonchev–Trinajstić information content (AvgIpc) is 2.23. The van der Waals surface area contributed by atoms with E-state index in [-0.39, 0.29) is 6.04 Å². The highest BCUT2D eigenvalue weighted by Crippen LogP contribution is 2.22. The van der Waals surface area contributed by atoms with Crippen LogP contribution in [-0.2, 0) is 6.42 Å². The second-order valence-corrected chi connectivity index (χ2v) is 4.05. The zero-order valence-corrected chi connectivity index (χ0v) is 10.4. The molecular formula is C12H16ClN3. The van der Waals surface area contributed by atoms with Crippen molar-refractivity contribution in [3.05, 3.63) is 17.0 Å². The Bertz CT molecular complexity index is 384. The molecule has 0 saturated heterocycles. The van der Waals surface area contributed by atoms with Crippen LogP contribution in [0.4, 0.5) is 5.82 Å². The van der Waals surface area contributed by atoms with Gasteiger partial charge in [0.2, 0.25) is 0 Å². The molecule has 0 radical (unpaired) electrons. The summed E-state index contributed by atoms with van der Waals surface area (Å²) in [5.41, 5.74) is 0.968. The van der Waals surface area contributed by atoms with Gasteiger partial charge in [0.15, 0.2) is 0 Å². The van der Waals surface area contributed by atoms with E-state index in [1.54, 1.807) is 0 Å². The fourth-order valence-electron chi connectivity index (χ4n) is 1.45. The zero-order chi connectivity index (χ0) is 12.0. The predicted molar refractivity (Wildman–Crippen MR) is 67.6 cm³/mol. The van der Waals surface area contributed by atoms with Crippen LogP contribution in [0, 0.1) is 12.3 Å². The summed E-state index contributed by atoms with van der Waals surface area (Å²) in [6.45, 7) is 4.11. The Balaban J connectivity index is 2.86. The maximum absolute atomic E-state index is 6.04. The predicted octanol–water partition coefficient (Wildman–Crippen LogP) is 2.91. The Morgan fingerprint density at radius 1 is 1.56 bits per heavy atom. The molecule has 0 bridgehead atoms. The van der Waals surface area contributed by atoms with E-state index in [1.807, 2.05) is 6.92 Å². The minimum absolute atomic E-state index is 0.187. The molecule has 0 aliphatic heterocycles. The Morgan fingerprint density at radius 3 is 2.94 bits per heavy atom. The van der Waals surface area contributed by atoms with Gasteiger partial charge in [-0.05, 0) is 13.3 Å². The molecule has 1 heterocycles. The van der Waals surface area contributed by atoms with Crippen molar-refractivity contribution in [2.45, 2.75) is 39.2 Å². The van der Waals surface area contributed by atoms with Gasteiger partial charge in [-0.15, -0.1) is 12.3 Å². The molecule has 1 unspecified atom stereocenters. The van der Waals surface area contributed by atoms with E-state index in [0.717, 1.165) is 24.2 Å². The van der Waals surface area contributed by atoms with Crippen LogP contribution in [0.1, 0.15) is 32.3 Å². The number of nitrogens with zero attached hydrogens (tertiary/aromatic N) is 2. The van der Waals surface area contributed by atoms with Crippen molar-refractivity contribution >= 4 is 17.4 Å². The van der Waals surface area contributed by atoms with Crippen LogP contribution in [0.15, 0.2) is 6.33 Å². The smallest absolute Gasteiger partial charge is 0.137 e. The standard InChI is InChI=1S/C12H16ClN3/c1-4-6-9(3)16-12-10(7-5-2)11(13)14-8-15-12/h1,8-9H,5-7H2,2-3H3,(H,14,15,16). The normalized spacial score (nSPS) is 11.9. The molecular weight excluding hydrogens is 222 g/mol. The second-order valence-electron chi connectivity index (χ2n) is 3.70. The van der Waals surface area contributed by atoms with Crippen molar-refractivity contribution in [1.29, 1.82) is 0 Å². The topological polar surface area (TPSA) is 37.8 Å². The van der Waals surface area contributed by atoms with E-state index >= 15 is 0 Å². The van der Waals surface area contributed by atoms with Crippen LogP contribution in [0.2, 0.25) is 5.15 Å². The van der Waals surface area contributed by atoms with Crippen LogP contribution in [0.25, 0.3) is 0 Å². The molecule has 0 spiro atoms. The molecule has 0 aliphatic carbocycles. The van der Waals surface area contributed by atoms with Crippen molar-refractivity contribution in [2.75, 3.05) is 5.32 Å². The third kappa shape index (κ3) is 3.39. The number of nitrogens with one attached hydrogen (secondary N) is 1. The van der Waals surface area contributed by atoms with Crippen molar-refractivity contribution < 1.29 is 0 Å². The molecule has 0 aliphatic rings. The molecule has 4 heteroatoms. The fraction of sp³-hybridized carbons (Fsp3) is 0.500. The van der Waals surface area contributed by atoms with Crippen LogP contribution in [0.5, 0.6) is 0 Å². The van der Waals surface area contributed by atoms with E-state index in [4.69, 9.17) is 18.0 Å². The van der Waals surface area contributed by atoms with Crippen LogP contribution >= 0.6 is 11.6 Å². The summed E-state index contributed by atoms with van der Waals surface area (Å²) >= 11 is 6.04. The highest BCUT2D eigenvalue weighted by atomic mass is 35.5. The third-order valence-electron chi connectivity index (χ3n) is 2.20. The second kappa shape index (κ2) is 6.34. The summed E-state index contributed by atoms with van der Waals surface area (Å²) in [6, 6.07) is 0.187. The Hall–Kier alpha value is -1.27. The number of hydrogen-bond donors (Lipinski definition) is 1. The van der Waals surface area contributed by atoms with Gasteiger partial charge in [-0.1, -0.05) is 24.9 Å². The minimum atomic E-state index is 0.187. The number of rotatable bonds is 5. The van der Waals surface area contributed by atoms with Gasteiger partial charge in [0, 0.05) is 18.0 Å².